The molecule has 0 N–H and O–H groups in total. The first-order valence-corrected chi connectivity index (χ1v) is 20.9. The van der Waals surface area contributed by atoms with Gasteiger partial charge in [-0.05, 0) is 119 Å². The van der Waals surface area contributed by atoms with E-state index in [9.17, 15) is 0 Å². The van der Waals surface area contributed by atoms with Crippen LogP contribution in [0, 0.1) is 0 Å². The fraction of sp³-hybridized carbons (Fsp3) is 0.0508. The summed E-state index contributed by atoms with van der Waals surface area (Å²) >= 11 is 0. The number of benzene rings is 10. The van der Waals surface area contributed by atoms with Crippen molar-refractivity contribution in [2.24, 2.45) is 0 Å². The van der Waals surface area contributed by atoms with E-state index in [4.69, 9.17) is 0 Å². The number of fused-ring (bicyclic) bond motifs is 5. The van der Waals surface area contributed by atoms with Crippen molar-refractivity contribution in [3.05, 3.63) is 236 Å². The molecule has 0 spiro atoms. The van der Waals surface area contributed by atoms with Gasteiger partial charge in [0.2, 0.25) is 0 Å². The van der Waals surface area contributed by atoms with Gasteiger partial charge in [-0.25, -0.2) is 0 Å². The molecule has 0 aliphatic heterocycles. The predicted molar refractivity (Wildman–Crippen MR) is 255 cm³/mol. The van der Waals surface area contributed by atoms with Crippen LogP contribution >= 0.6 is 0 Å². The van der Waals surface area contributed by atoms with Gasteiger partial charge in [-0.3, -0.25) is 0 Å². The molecule has 284 valence electrons. The SMILES string of the molecule is CC1(C)c2ccccc2-c2c(-c3cccc4c(N(c5ccc(-c6cccc(-c7ccccc7)c6)cc5)c5ccc(-c6cccc7ccccc67)cc5)cccc34)cccc21. The molecule has 10 aromatic carbocycles. The van der Waals surface area contributed by atoms with Crippen molar-refractivity contribution in [2.45, 2.75) is 19.3 Å². The molecule has 0 saturated carbocycles. The quantitative estimate of drug-likeness (QED) is 0.156. The Morgan fingerprint density at radius 2 is 0.817 bits per heavy atom. The van der Waals surface area contributed by atoms with E-state index in [1.54, 1.807) is 0 Å². The Morgan fingerprint density at radius 1 is 0.317 bits per heavy atom. The smallest absolute Gasteiger partial charge is 0.0540 e. The van der Waals surface area contributed by atoms with Crippen molar-refractivity contribution in [3.63, 3.8) is 0 Å². The Bertz CT molecular complexity index is 3200. The number of hydrogen-bond donors (Lipinski definition) is 0. The predicted octanol–water partition coefficient (Wildman–Crippen LogP) is 16.4. The summed E-state index contributed by atoms with van der Waals surface area (Å²) in [4.78, 5) is 2.43. The minimum atomic E-state index is -0.0678. The molecule has 0 radical (unpaired) electrons. The Morgan fingerprint density at radius 3 is 1.62 bits per heavy atom. The van der Waals surface area contributed by atoms with Crippen LogP contribution in [0.3, 0.4) is 0 Å². The molecule has 1 heteroatoms. The summed E-state index contributed by atoms with van der Waals surface area (Å²) in [6.45, 7) is 4.72. The monoisotopic (exact) mass is 765 g/mol. The first-order chi connectivity index (χ1) is 29.5. The molecule has 1 aliphatic rings. The van der Waals surface area contributed by atoms with Gasteiger partial charge in [0.05, 0.1) is 5.69 Å². The van der Waals surface area contributed by atoms with Crippen LogP contribution in [0.1, 0.15) is 25.0 Å². The lowest BCUT2D eigenvalue weighted by atomic mass is 9.82. The van der Waals surface area contributed by atoms with Crippen LogP contribution in [0.15, 0.2) is 224 Å². The van der Waals surface area contributed by atoms with E-state index >= 15 is 0 Å². The van der Waals surface area contributed by atoms with Crippen molar-refractivity contribution in [1.82, 2.24) is 0 Å². The average molecular weight is 766 g/mol. The maximum Gasteiger partial charge on any atom is 0.0540 e. The molecular formula is C59H43N. The molecule has 1 nitrogen and oxygen atoms in total. The minimum Gasteiger partial charge on any atom is -0.310 e. The molecule has 11 rings (SSSR count). The summed E-state index contributed by atoms with van der Waals surface area (Å²) < 4.78 is 0. The lowest BCUT2D eigenvalue weighted by molar-refractivity contribution is 0.660. The molecule has 0 unspecified atom stereocenters. The molecule has 60 heavy (non-hydrogen) atoms. The average Bonchev–Trinajstić information content (AvgIpc) is 3.55. The maximum absolute atomic E-state index is 2.43. The number of hydrogen-bond acceptors (Lipinski definition) is 1. The molecule has 0 atom stereocenters. The molecule has 0 heterocycles. The highest BCUT2D eigenvalue weighted by Crippen LogP contribution is 2.53. The van der Waals surface area contributed by atoms with Crippen molar-refractivity contribution in [3.8, 4) is 55.6 Å². The van der Waals surface area contributed by atoms with E-state index in [1.807, 2.05) is 0 Å². The van der Waals surface area contributed by atoms with Gasteiger partial charge >= 0.3 is 0 Å². The second kappa shape index (κ2) is 14.4. The fourth-order valence-corrected chi connectivity index (χ4v) is 9.71. The third-order valence-electron chi connectivity index (χ3n) is 12.7. The Kier molecular flexibility index (Phi) is 8.57. The van der Waals surface area contributed by atoms with Gasteiger partial charge in [0.1, 0.15) is 0 Å². The summed E-state index contributed by atoms with van der Waals surface area (Å²) in [5.41, 5.74) is 18.5. The van der Waals surface area contributed by atoms with E-state index < -0.39 is 0 Å². The van der Waals surface area contributed by atoms with E-state index in [2.05, 4.69) is 243 Å². The molecule has 0 fully saturated rings. The normalized spacial score (nSPS) is 12.6. The van der Waals surface area contributed by atoms with Gasteiger partial charge in [-0.2, -0.15) is 0 Å². The van der Waals surface area contributed by atoms with Gasteiger partial charge < -0.3 is 4.90 Å². The van der Waals surface area contributed by atoms with Crippen LogP contribution in [0.25, 0.3) is 77.2 Å². The van der Waals surface area contributed by atoms with Crippen LogP contribution in [0.4, 0.5) is 17.1 Å². The molecule has 10 aromatic rings. The van der Waals surface area contributed by atoms with E-state index in [1.165, 1.54) is 88.3 Å². The lowest BCUT2D eigenvalue weighted by Gasteiger charge is -2.28. The highest BCUT2D eigenvalue weighted by Gasteiger charge is 2.36. The zero-order chi connectivity index (χ0) is 40.2. The highest BCUT2D eigenvalue weighted by atomic mass is 15.1. The Labute approximate surface area is 352 Å². The van der Waals surface area contributed by atoms with Crippen molar-refractivity contribution in [1.29, 1.82) is 0 Å². The van der Waals surface area contributed by atoms with Gasteiger partial charge in [0, 0.05) is 22.2 Å². The minimum absolute atomic E-state index is 0.0678. The maximum atomic E-state index is 2.43. The van der Waals surface area contributed by atoms with Gasteiger partial charge in [0.15, 0.2) is 0 Å². The topological polar surface area (TPSA) is 3.24 Å². The van der Waals surface area contributed by atoms with Gasteiger partial charge in [0.25, 0.3) is 0 Å². The molecule has 0 amide bonds. The number of nitrogens with zero attached hydrogens (tertiary/aromatic N) is 1. The third-order valence-corrected chi connectivity index (χ3v) is 12.7. The molecule has 0 bridgehead atoms. The van der Waals surface area contributed by atoms with E-state index in [0.29, 0.717) is 0 Å². The van der Waals surface area contributed by atoms with E-state index in [-0.39, 0.29) is 5.41 Å². The lowest BCUT2D eigenvalue weighted by Crippen LogP contribution is -2.14. The van der Waals surface area contributed by atoms with Crippen molar-refractivity contribution >= 4 is 38.6 Å². The molecule has 1 aliphatic carbocycles. The number of rotatable bonds is 7. The first-order valence-electron chi connectivity index (χ1n) is 20.9. The largest absolute Gasteiger partial charge is 0.310 e. The van der Waals surface area contributed by atoms with Gasteiger partial charge in [-0.15, -0.1) is 0 Å². The van der Waals surface area contributed by atoms with E-state index in [0.717, 1.165) is 17.1 Å². The summed E-state index contributed by atoms with van der Waals surface area (Å²) in [6, 6.07) is 82.3. The number of anilines is 3. The van der Waals surface area contributed by atoms with Gasteiger partial charge in [-0.1, -0.05) is 202 Å². The summed E-state index contributed by atoms with van der Waals surface area (Å²) in [5, 5.41) is 4.95. The summed E-state index contributed by atoms with van der Waals surface area (Å²) in [6.07, 6.45) is 0. The molecular weight excluding hydrogens is 723 g/mol. The van der Waals surface area contributed by atoms with Crippen LogP contribution in [0.5, 0.6) is 0 Å². The summed E-state index contributed by atoms with van der Waals surface area (Å²) in [5.74, 6) is 0. The van der Waals surface area contributed by atoms with Crippen LogP contribution in [-0.4, -0.2) is 0 Å². The molecule has 0 aromatic heterocycles. The fourth-order valence-electron chi connectivity index (χ4n) is 9.71. The third kappa shape index (κ3) is 5.93. The Hall–Kier alpha value is -7.48. The summed E-state index contributed by atoms with van der Waals surface area (Å²) in [7, 11) is 0. The second-order valence-electron chi connectivity index (χ2n) is 16.5. The zero-order valence-electron chi connectivity index (χ0n) is 33.8. The second-order valence-corrected chi connectivity index (χ2v) is 16.5. The zero-order valence-corrected chi connectivity index (χ0v) is 33.8. The molecule has 0 saturated heterocycles. The standard InChI is InChI=1S/C59H43N/c1-59(2)55-28-9-8-22-54(55)58-53(27-13-29-56(58)59)51-24-12-26-52-50(51)25-14-30-57(52)60(47-37-33-43(34-38-47)49-23-11-18-42-17-6-7-21-48(42)49)46-35-31-41(32-36-46)45-20-10-19-44(39-45)40-15-4-3-5-16-40/h3-39H,1-2H3. The van der Waals surface area contributed by atoms with Crippen LogP contribution in [-0.2, 0) is 5.41 Å². The van der Waals surface area contributed by atoms with Crippen molar-refractivity contribution in [2.75, 3.05) is 4.90 Å². The van der Waals surface area contributed by atoms with Crippen molar-refractivity contribution < 1.29 is 0 Å². The first kappa shape index (κ1) is 35.7. The van der Waals surface area contributed by atoms with Crippen LogP contribution in [0.2, 0.25) is 0 Å². The highest BCUT2D eigenvalue weighted by molar-refractivity contribution is 6.08. The van der Waals surface area contributed by atoms with Crippen LogP contribution < -0.4 is 4.90 Å². The Balaban J connectivity index is 1.06.